The van der Waals surface area contributed by atoms with Gasteiger partial charge >= 0.3 is 0 Å². The Balaban J connectivity index is 1.24. The number of piperidine rings is 1. The maximum Gasteiger partial charge on any atom is 0.119 e. The third kappa shape index (κ3) is 6.59. The van der Waals surface area contributed by atoms with Gasteiger partial charge in [0.1, 0.15) is 36.1 Å². The van der Waals surface area contributed by atoms with Gasteiger partial charge in [0.05, 0.1) is 6.54 Å². The van der Waals surface area contributed by atoms with Crippen LogP contribution in [0.5, 0.6) is 11.5 Å². The number of benzene rings is 2. The Morgan fingerprint density at radius 3 is 2.55 bits per heavy atom. The average Bonchev–Trinajstić information content (AvgIpc) is 3.29. The Bertz CT molecular complexity index is 987. The summed E-state index contributed by atoms with van der Waals surface area (Å²) in [6, 6.07) is 18.0. The van der Waals surface area contributed by atoms with Gasteiger partial charge in [0.25, 0.3) is 0 Å². The highest BCUT2D eigenvalue weighted by molar-refractivity contribution is 5.27. The first kappa shape index (κ1) is 23.3. The van der Waals surface area contributed by atoms with Gasteiger partial charge in [-0.3, -0.25) is 4.90 Å². The molecule has 1 atom stereocenters. The number of nitrogens with zero attached hydrogens (tertiary/aromatic N) is 3. The van der Waals surface area contributed by atoms with E-state index in [0.29, 0.717) is 25.7 Å². The molecule has 0 radical (unpaired) electrons. The lowest BCUT2D eigenvalue weighted by Gasteiger charge is -2.39. The third-order valence-electron chi connectivity index (χ3n) is 6.08. The van der Waals surface area contributed by atoms with Crippen LogP contribution in [0.4, 0.5) is 0 Å². The van der Waals surface area contributed by atoms with Crippen LogP contribution in [-0.4, -0.2) is 51.5 Å². The lowest BCUT2D eigenvalue weighted by atomic mass is 9.93. The molecule has 33 heavy (non-hydrogen) atoms. The summed E-state index contributed by atoms with van der Waals surface area (Å²) in [5, 5.41) is 11.1. The van der Waals surface area contributed by atoms with Crippen molar-refractivity contribution >= 4 is 0 Å². The Hall–Kier alpha value is -2.83. The SMILES string of the molecule is CC(C)c1nccn1CCOc1ccc(CN2CCCC(O)(COc3ccccc3)C2)cc1. The van der Waals surface area contributed by atoms with E-state index in [4.69, 9.17) is 9.47 Å². The first-order chi connectivity index (χ1) is 16.0. The summed E-state index contributed by atoms with van der Waals surface area (Å²) >= 11 is 0. The molecule has 3 aromatic rings. The summed E-state index contributed by atoms with van der Waals surface area (Å²) in [6.45, 7) is 8.41. The van der Waals surface area contributed by atoms with E-state index >= 15 is 0 Å². The van der Waals surface area contributed by atoms with Gasteiger partial charge in [0.2, 0.25) is 0 Å². The molecule has 0 saturated carbocycles. The van der Waals surface area contributed by atoms with Crippen LogP contribution in [0, 0.1) is 0 Å². The van der Waals surface area contributed by atoms with Crippen LogP contribution >= 0.6 is 0 Å². The minimum Gasteiger partial charge on any atom is -0.492 e. The molecule has 1 aliphatic heterocycles. The molecule has 4 rings (SSSR count). The fourth-order valence-corrected chi connectivity index (χ4v) is 4.41. The van der Waals surface area contributed by atoms with Gasteiger partial charge in [-0.15, -0.1) is 0 Å². The Morgan fingerprint density at radius 2 is 1.79 bits per heavy atom. The molecule has 2 aromatic carbocycles. The predicted octanol–water partition coefficient (Wildman–Crippen LogP) is 4.49. The summed E-state index contributed by atoms with van der Waals surface area (Å²) in [7, 11) is 0. The fourth-order valence-electron chi connectivity index (χ4n) is 4.41. The van der Waals surface area contributed by atoms with Crippen LogP contribution in [0.15, 0.2) is 67.0 Å². The number of β-amino-alcohol motifs (C(OH)–C–C–N with tert-alkyl or cyclic N) is 1. The van der Waals surface area contributed by atoms with Crippen LogP contribution in [0.2, 0.25) is 0 Å². The Labute approximate surface area is 196 Å². The van der Waals surface area contributed by atoms with Gasteiger partial charge in [0.15, 0.2) is 0 Å². The maximum atomic E-state index is 11.1. The molecule has 0 amide bonds. The summed E-state index contributed by atoms with van der Waals surface area (Å²) in [5.74, 6) is 3.16. The minimum atomic E-state index is -0.820. The number of likely N-dealkylation sites (tertiary alicyclic amines) is 1. The fraction of sp³-hybridized carbons (Fsp3) is 0.444. The first-order valence-electron chi connectivity index (χ1n) is 11.9. The number of hydrogen-bond donors (Lipinski definition) is 1. The molecule has 0 bridgehead atoms. The molecule has 1 fully saturated rings. The second-order valence-corrected chi connectivity index (χ2v) is 9.27. The summed E-state index contributed by atoms with van der Waals surface area (Å²) in [5.41, 5.74) is 0.395. The van der Waals surface area contributed by atoms with Crippen molar-refractivity contribution in [3.05, 3.63) is 78.4 Å². The lowest BCUT2D eigenvalue weighted by molar-refractivity contribution is -0.0621. The van der Waals surface area contributed by atoms with Gasteiger partial charge < -0.3 is 19.1 Å². The van der Waals surface area contributed by atoms with Crippen LogP contribution in [0.1, 0.15) is 44.0 Å². The number of imidazole rings is 1. The minimum absolute atomic E-state index is 0.315. The number of aliphatic hydroxyl groups is 1. The van der Waals surface area contributed by atoms with E-state index < -0.39 is 5.60 Å². The van der Waals surface area contributed by atoms with Crippen molar-refractivity contribution in [1.82, 2.24) is 14.5 Å². The van der Waals surface area contributed by atoms with E-state index in [1.807, 2.05) is 54.9 Å². The summed E-state index contributed by atoms with van der Waals surface area (Å²) < 4.78 is 13.9. The van der Waals surface area contributed by atoms with Gasteiger partial charge in [-0.05, 0) is 49.2 Å². The molecular formula is C27H35N3O3. The standard InChI is InChI=1S/C27H35N3O3/c1-22(2)26-28-14-16-30(26)17-18-32-25-11-9-23(10-12-25)19-29-15-6-13-27(31,20-29)21-33-24-7-4-3-5-8-24/h3-5,7-12,14,16,22,31H,6,13,15,17-21H2,1-2H3. The molecule has 176 valence electrons. The Morgan fingerprint density at radius 1 is 1.03 bits per heavy atom. The molecular weight excluding hydrogens is 414 g/mol. The molecule has 1 saturated heterocycles. The average molecular weight is 450 g/mol. The Kier molecular flexibility index (Phi) is 7.68. The van der Waals surface area contributed by atoms with Crippen LogP contribution in [-0.2, 0) is 13.1 Å². The highest BCUT2D eigenvalue weighted by Crippen LogP contribution is 2.25. The second kappa shape index (κ2) is 10.9. The van der Waals surface area contributed by atoms with E-state index in [9.17, 15) is 5.11 Å². The number of ether oxygens (including phenoxy) is 2. The van der Waals surface area contributed by atoms with Crippen molar-refractivity contribution in [2.75, 3.05) is 26.3 Å². The molecule has 1 N–H and O–H groups in total. The predicted molar refractivity (Wildman–Crippen MR) is 130 cm³/mol. The van der Waals surface area contributed by atoms with Crippen LogP contribution in [0.25, 0.3) is 0 Å². The van der Waals surface area contributed by atoms with Gasteiger partial charge in [-0.1, -0.05) is 44.2 Å². The second-order valence-electron chi connectivity index (χ2n) is 9.27. The smallest absolute Gasteiger partial charge is 0.119 e. The molecule has 1 aliphatic rings. The molecule has 0 aliphatic carbocycles. The molecule has 6 nitrogen and oxygen atoms in total. The first-order valence-corrected chi connectivity index (χ1v) is 11.9. The highest BCUT2D eigenvalue weighted by atomic mass is 16.5. The zero-order valence-corrected chi connectivity index (χ0v) is 19.7. The molecule has 2 heterocycles. The zero-order chi connectivity index (χ0) is 23.1. The van der Waals surface area contributed by atoms with Crippen LogP contribution < -0.4 is 9.47 Å². The number of hydrogen-bond acceptors (Lipinski definition) is 5. The van der Waals surface area contributed by atoms with E-state index in [2.05, 4.69) is 40.4 Å². The summed E-state index contributed by atoms with van der Waals surface area (Å²) in [4.78, 5) is 6.73. The number of para-hydroxylation sites is 1. The van der Waals surface area contributed by atoms with Gasteiger partial charge in [-0.2, -0.15) is 0 Å². The number of rotatable bonds is 10. The normalized spacial score (nSPS) is 19.0. The van der Waals surface area contributed by atoms with Crippen molar-refractivity contribution < 1.29 is 14.6 Å². The lowest BCUT2D eigenvalue weighted by Crippen LogP contribution is -2.51. The van der Waals surface area contributed by atoms with Crippen molar-refractivity contribution in [3.8, 4) is 11.5 Å². The van der Waals surface area contributed by atoms with Crippen molar-refractivity contribution in [2.45, 2.75) is 51.3 Å². The third-order valence-corrected chi connectivity index (χ3v) is 6.08. The van der Waals surface area contributed by atoms with E-state index in [1.54, 1.807) is 0 Å². The van der Waals surface area contributed by atoms with Gasteiger partial charge in [0, 0.05) is 31.4 Å². The molecule has 6 heteroatoms. The largest absolute Gasteiger partial charge is 0.492 e. The van der Waals surface area contributed by atoms with E-state index in [1.165, 1.54) is 5.56 Å². The maximum absolute atomic E-state index is 11.1. The van der Waals surface area contributed by atoms with E-state index in [0.717, 1.165) is 49.8 Å². The topological polar surface area (TPSA) is 59.8 Å². The van der Waals surface area contributed by atoms with Gasteiger partial charge in [-0.25, -0.2) is 4.98 Å². The number of aromatic nitrogens is 2. The van der Waals surface area contributed by atoms with Crippen molar-refractivity contribution in [1.29, 1.82) is 0 Å². The summed E-state index contributed by atoms with van der Waals surface area (Å²) in [6.07, 6.45) is 5.58. The monoisotopic (exact) mass is 449 g/mol. The molecule has 1 aromatic heterocycles. The van der Waals surface area contributed by atoms with Crippen molar-refractivity contribution in [2.24, 2.45) is 0 Å². The molecule has 1 unspecified atom stereocenters. The highest BCUT2D eigenvalue weighted by Gasteiger charge is 2.34. The zero-order valence-electron chi connectivity index (χ0n) is 19.7. The van der Waals surface area contributed by atoms with Crippen LogP contribution in [0.3, 0.4) is 0 Å². The van der Waals surface area contributed by atoms with E-state index in [-0.39, 0.29) is 0 Å². The van der Waals surface area contributed by atoms with Crippen molar-refractivity contribution in [3.63, 3.8) is 0 Å². The molecule has 0 spiro atoms. The quantitative estimate of drug-likeness (QED) is 0.494.